The first-order valence-corrected chi connectivity index (χ1v) is 11.4. The molecule has 0 spiro atoms. The number of nitrogen functional groups attached to an aromatic ring is 1. The fourth-order valence-electron chi connectivity index (χ4n) is 3.58. The van der Waals surface area contributed by atoms with Crippen LogP contribution in [0.1, 0.15) is 50.5 Å². The smallest absolute Gasteiger partial charge is 0.330 e. The molecule has 1 aromatic carbocycles. The minimum Gasteiger partial charge on any atom is -0.493 e. The number of nitrogens with two attached hydrogens (primary N) is 1. The van der Waals surface area contributed by atoms with E-state index >= 15 is 0 Å². The van der Waals surface area contributed by atoms with Crippen LogP contribution < -0.4 is 26.6 Å². The molecule has 0 aliphatic rings. The largest absolute Gasteiger partial charge is 0.493 e. The molecular weight excluding hydrogens is 436 g/mol. The highest BCUT2D eigenvalue weighted by Gasteiger charge is 2.29. The van der Waals surface area contributed by atoms with Gasteiger partial charge in [-0.2, -0.15) is 5.10 Å². The van der Waals surface area contributed by atoms with Crippen molar-refractivity contribution in [1.82, 2.24) is 19.3 Å². The number of hydrogen-bond acceptors (Lipinski definition) is 6. The summed E-state index contributed by atoms with van der Waals surface area (Å²) in [7, 11) is 1.45. The number of benzene rings is 1. The Morgan fingerprint density at radius 3 is 2.56 bits per heavy atom. The van der Waals surface area contributed by atoms with Crippen molar-refractivity contribution >= 4 is 17.4 Å². The Morgan fingerprint density at radius 1 is 1.24 bits per heavy atom. The Labute approximate surface area is 198 Å². The molecule has 10 nitrogen and oxygen atoms in total. The summed E-state index contributed by atoms with van der Waals surface area (Å²) in [6.45, 7) is 6.58. The molecular formula is C24H32N6O4. The van der Waals surface area contributed by atoms with Crippen LogP contribution in [-0.2, 0) is 6.54 Å². The zero-order valence-electron chi connectivity index (χ0n) is 20.1. The average molecular weight is 469 g/mol. The second-order valence-corrected chi connectivity index (χ2v) is 8.46. The zero-order chi connectivity index (χ0) is 24.8. The van der Waals surface area contributed by atoms with Crippen molar-refractivity contribution < 1.29 is 9.53 Å². The number of para-hydroxylation sites is 1. The third-order valence-corrected chi connectivity index (χ3v) is 5.52. The maximum absolute atomic E-state index is 13.8. The molecule has 0 unspecified atom stereocenters. The molecule has 0 saturated carbocycles. The maximum Gasteiger partial charge on any atom is 0.330 e. The molecule has 34 heavy (non-hydrogen) atoms. The van der Waals surface area contributed by atoms with Crippen molar-refractivity contribution in [1.29, 1.82) is 0 Å². The quantitative estimate of drug-likeness (QED) is 0.471. The first-order chi connectivity index (χ1) is 16.3. The van der Waals surface area contributed by atoms with Crippen molar-refractivity contribution in [3.05, 3.63) is 63.1 Å². The monoisotopic (exact) mass is 468 g/mol. The lowest BCUT2D eigenvalue weighted by molar-refractivity contribution is 0.0977. The second kappa shape index (κ2) is 10.9. The molecule has 2 aromatic heterocycles. The molecule has 182 valence electrons. The summed E-state index contributed by atoms with van der Waals surface area (Å²) in [6.07, 6.45) is 3.76. The Balaban J connectivity index is 2.13. The van der Waals surface area contributed by atoms with E-state index in [1.165, 1.54) is 16.6 Å². The number of aromatic amines is 1. The molecule has 0 radical (unpaired) electrons. The fourth-order valence-corrected chi connectivity index (χ4v) is 3.58. The molecule has 3 aromatic rings. The summed E-state index contributed by atoms with van der Waals surface area (Å²) in [5.74, 6) is -0.0612. The van der Waals surface area contributed by atoms with Gasteiger partial charge in [-0.1, -0.05) is 45.4 Å². The van der Waals surface area contributed by atoms with Crippen LogP contribution in [0.5, 0.6) is 5.75 Å². The molecule has 0 saturated heterocycles. The number of nitrogens with zero attached hydrogens (tertiary/aromatic N) is 4. The van der Waals surface area contributed by atoms with Crippen molar-refractivity contribution in [3.63, 3.8) is 0 Å². The van der Waals surface area contributed by atoms with Crippen molar-refractivity contribution in [2.45, 2.75) is 46.6 Å². The maximum atomic E-state index is 13.8. The molecule has 10 heteroatoms. The predicted octanol–water partition coefficient (Wildman–Crippen LogP) is 2.81. The van der Waals surface area contributed by atoms with Crippen LogP contribution in [0, 0.1) is 5.92 Å². The van der Waals surface area contributed by atoms with Crippen molar-refractivity contribution in [3.8, 4) is 11.4 Å². The summed E-state index contributed by atoms with van der Waals surface area (Å²) < 4.78 is 8.28. The predicted molar refractivity (Wildman–Crippen MR) is 132 cm³/mol. The lowest BCUT2D eigenvalue weighted by atomic mass is 10.1. The van der Waals surface area contributed by atoms with E-state index in [-0.39, 0.29) is 35.4 Å². The van der Waals surface area contributed by atoms with Crippen LogP contribution >= 0.6 is 0 Å². The Morgan fingerprint density at radius 2 is 1.94 bits per heavy atom. The summed E-state index contributed by atoms with van der Waals surface area (Å²) in [5.41, 5.74) is 5.73. The third kappa shape index (κ3) is 5.22. The molecule has 3 N–H and O–H groups in total. The number of H-pyrrole nitrogens is 1. The SMILES string of the molecule is CCCCn1c(N)c(N(CCC(C)C)C(=O)c2nn(-c3ccccc3)cc2OC)c(=O)[nH]c1=O. The molecule has 0 aliphatic carbocycles. The normalized spacial score (nSPS) is 11.1. The zero-order valence-corrected chi connectivity index (χ0v) is 20.1. The van der Waals surface area contributed by atoms with E-state index in [4.69, 9.17) is 10.5 Å². The summed E-state index contributed by atoms with van der Waals surface area (Å²) >= 11 is 0. The van der Waals surface area contributed by atoms with Gasteiger partial charge in [-0.3, -0.25) is 24.0 Å². The van der Waals surface area contributed by atoms with Gasteiger partial charge in [0.15, 0.2) is 17.1 Å². The van der Waals surface area contributed by atoms with Gasteiger partial charge in [0.1, 0.15) is 5.82 Å². The third-order valence-electron chi connectivity index (χ3n) is 5.52. The number of amides is 1. The number of ether oxygens (including phenoxy) is 1. The van der Waals surface area contributed by atoms with E-state index in [2.05, 4.69) is 10.1 Å². The van der Waals surface area contributed by atoms with Gasteiger partial charge in [0.25, 0.3) is 11.5 Å². The van der Waals surface area contributed by atoms with Crippen LogP contribution in [0.4, 0.5) is 11.5 Å². The van der Waals surface area contributed by atoms with E-state index in [1.54, 1.807) is 10.9 Å². The van der Waals surface area contributed by atoms with Gasteiger partial charge < -0.3 is 10.5 Å². The van der Waals surface area contributed by atoms with Gasteiger partial charge in [0.2, 0.25) is 0 Å². The molecule has 2 heterocycles. The summed E-state index contributed by atoms with van der Waals surface area (Å²) in [4.78, 5) is 42.7. The van der Waals surface area contributed by atoms with E-state index < -0.39 is 17.2 Å². The molecule has 0 fully saturated rings. The second-order valence-electron chi connectivity index (χ2n) is 8.46. The van der Waals surface area contributed by atoms with Gasteiger partial charge in [0, 0.05) is 13.1 Å². The number of unbranched alkanes of at least 4 members (excludes halogenated alkanes) is 1. The molecule has 3 rings (SSSR count). The highest BCUT2D eigenvalue weighted by Crippen LogP contribution is 2.26. The van der Waals surface area contributed by atoms with Gasteiger partial charge in [0.05, 0.1) is 19.0 Å². The number of carbonyl (C=O) groups is 1. The lowest BCUT2D eigenvalue weighted by Gasteiger charge is -2.24. The standard InChI is InChI=1S/C24H32N6O4/c1-5-6-13-29-21(25)20(22(31)26-24(29)33)28(14-12-16(2)3)23(32)19-18(34-4)15-30(27-19)17-10-8-7-9-11-17/h7-11,15-16H,5-6,12-14,25H2,1-4H3,(H,26,31,33). The first kappa shape index (κ1) is 24.8. The van der Waals surface area contributed by atoms with Crippen molar-refractivity contribution in [2.24, 2.45) is 5.92 Å². The fraction of sp³-hybridized carbons (Fsp3) is 0.417. The van der Waals surface area contributed by atoms with Crippen LogP contribution in [0.15, 0.2) is 46.1 Å². The van der Waals surface area contributed by atoms with E-state index in [0.29, 0.717) is 19.4 Å². The molecule has 1 amide bonds. The van der Waals surface area contributed by atoms with Gasteiger partial charge in [-0.25, -0.2) is 9.48 Å². The van der Waals surface area contributed by atoms with E-state index in [0.717, 1.165) is 12.1 Å². The minimum absolute atomic E-state index is 0.0410. The summed E-state index contributed by atoms with van der Waals surface area (Å²) in [5, 5.41) is 4.45. The van der Waals surface area contributed by atoms with Gasteiger partial charge in [-0.05, 0) is 30.9 Å². The Bertz CT molecular complexity index is 1240. The van der Waals surface area contributed by atoms with Crippen molar-refractivity contribution in [2.75, 3.05) is 24.3 Å². The number of aromatic nitrogens is 4. The van der Waals surface area contributed by atoms with Gasteiger partial charge in [-0.15, -0.1) is 0 Å². The number of hydrogen-bond donors (Lipinski definition) is 2. The highest BCUT2D eigenvalue weighted by atomic mass is 16.5. The lowest BCUT2D eigenvalue weighted by Crippen LogP contribution is -2.42. The molecule has 0 bridgehead atoms. The number of methoxy groups -OCH3 is 1. The Kier molecular flexibility index (Phi) is 7.93. The number of anilines is 2. The highest BCUT2D eigenvalue weighted by molar-refractivity contribution is 6.07. The average Bonchev–Trinajstić information content (AvgIpc) is 3.25. The number of carbonyl (C=O) groups excluding carboxylic acids is 1. The Hall–Kier alpha value is -3.82. The van der Waals surface area contributed by atoms with E-state index in [1.807, 2.05) is 51.1 Å². The number of nitrogens with one attached hydrogen (secondary N) is 1. The topological polar surface area (TPSA) is 128 Å². The molecule has 0 aliphatic heterocycles. The minimum atomic E-state index is -0.714. The van der Waals surface area contributed by atoms with E-state index in [9.17, 15) is 14.4 Å². The molecule has 0 atom stereocenters. The van der Waals surface area contributed by atoms with Crippen LogP contribution in [-0.4, -0.2) is 38.9 Å². The summed E-state index contributed by atoms with van der Waals surface area (Å²) in [6, 6.07) is 9.30. The van der Waals surface area contributed by atoms with Gasteiger partial charge >= 0.3 is 5.69 Å². The van der Waals surface area contributed by atoms with Crippen LogP contribution in [0.2, 0.25) is 0 Å². The van der Waals surface area contributed by atoms with Crippen LogP contribution in [0.3, 0.4) is 0 Å². The first-order valence-electron chi connectivity index (χ1n) is 11.4. The number of rotatable bonds is 10. The van der Waals surface area contributed by atoms with Crippen LogP contribution in [0.25, 0.3) is 5.69 Å².